The molecule has 1 aromatic carbocycles. The summed E-state index contributed by atoms with van der Waals surface area (Å²) in [5, 5.41) is 25.3. The Bertz CT molecular complexity index is 572. The summed E-state index contributed by atoms with van der Waals surface area (Å²) in [4.78, 5) is 32.8. The summed E-state index contributed by atoms with van der Waals surface area (Å²) < 4.78 is 0. The average molecular weight is 279 g/mol. The highest BCUT2D eigenvalue weighted by Crippen LogP contribution is 2.27. The van der Waals surface area contributed by atoms with Crippen molar-refractivity contribution in [2.45, 2.75) is 18.9 Å². The lowest BCUT2D eigenvalue weighted by Crippen LogP contribution is -2.44. The minimum atomic E-state index is -1.24. The van der Waals surface area contributed by atoms with E-state index in [1.165, 1.54) is 12.1 Å². The van der Waals surface area contributed by atoms with E-state index in [0.717, 1.165) is 12.5 Å². The number of rotatable bonds is 4. The van der Waals surface area contributed by atoms with Crippen LogP contribution in [-0.4, -0.2) is 34.5 Å². The molecule has 8 heteroatoms. The quantitative estimate of drug-likeness (QED) is 0.558. The van der Waals surface area contributed by atoms with E-state index >= 15 is 0 Å². The molecule has 0 radical (unpaired) electrons. The van der Waals surface area contributed by atoms with Crippen LogP contribution < -0.4 is 10.6 Å². The van der Waals surface area contributed by atoms with E-state index in [1.54, 1.807) is 0 Å². The van der Waals surface area contributed by atoms with Crippen molar-refractivity contribution >= 4 is 23.3 Å². The highest BCUT2D eigenvalue weighted by Gasteiger charge is 2.25. The van der Waals surface area contributed by atoms with Crippen LogP contribution in [0.1, 0.15) is 23.2 Å². The molecule has 3 N–H and O–H groups in total. The van der Waals surface area contributed by atoms with Gasteiger partial charge in [-0.1, -0.05) is 0 Å². The van der Waals surface area contributed by atoms with Gasteiger partial charge in [-0.05, 0) is 25.0 Å². The van der Waals surface area contributed by atoms with Gasteiger partial charge in [0.05, 0.1) is 10.5 Å². The zero-order valence-electron chi connectivity index (χ0n) is 10.5. The number of anilines is 1. The molecule has 106 valence electrons. The molecule has 1 fully saturated rings. The number of benzene rings is 1. The molecule has 0 bridgehead atoms. The predicted molar refractivity (Wildman–Crippen MR) is 69.7 cm³/mol. The molecule has 1 aliphatic heterocycles. The Morgan fingerprint density at radius 2 is 2.25 bits per heavy atom. The van der Waals surface area contributed by atoms with Crippen molar-refractivity contribution in [2.75, 3.05) is 11.9 Å². The number of hydrogen-bond donors (Lipinski definition) is 3. The largest absolute Gasteiger partial charge is 0.478 e. The maximum absolute atomic E-state index is 11.6. The van der Waals surface area contributed by atoms with Gasteiger partial charge in [-0.2, -0.15) is 0 Å². The molecule has 8 nitrogen and oxygen atoms in total. The monoisotopic (exact) mass is 279 g/mol. The van der Waals surface area contributed by atoms with Crippen LogP contribution in [0.2, 0.25) is 0 Å². The van der Waals surface area contributed by atoms with Crippen molar-refractivity contribution in [3.63, 3.8) is 0 Å². The molecule has 1 amide bonds. The summed E-state index contributed by atoms with van der Waals surface area (Å²) in [7, 11) is 0. The van der Waals surface area contributed by atoms with Gasteiger partial charge in [-0.3, -0.25) is 14.9 Å². The maximum atomic E-state index is 11.6. The van der Waals surface area contributed by atoms with E-state index in [0.29, 0.717) is 13.0 Å². The second-order valence-corrected chi connectivity index (χ2v) is 4.42. The van der Waals surface area contributed by atoms with Crippen molar-refractivity contribution in [1.29, 1.82) is 0 Å². The Balaban J connectivity index is 2.28. The van der Waals surface area contributed by atoms with Gasteiger partial charge in [-0.15, -0.1) is 0 Å². The predicted octanol–water partition coefficient (Wildman–Crippen LogP) is 0.984. The first-order chi connectivity index (χ1) is 9.49. The number of nitro benzene ring substituents is 1. The van der Waals surface area contributed by atoms with Crippen LogP contribution >= 0.6 is 0 Å². The van der Waals surface area contributed by atoms with Crippen LogP contribution in [0.25, 0.3) is 0 Å². The Labute approximate surface area is 113 Å². The number of nitro groups is 1. The number of carboxylic acid groups (broad SMARTS) is 1. The molecular weight excluding hydrogens is 266 g/mol. The lowest BCUT2D eigenvalue weighted by molar-refractivity contribution is -0.384. The molecule has 0 aliphatic carbocycles. The summed E-state index contributed by atoms with van der Waals surface area (Å²) in [6, 6.07) is 3.01. The number of carboxylic acids is 1. The van der Waals surface area contributed by atoms with Crippen molar-refractivity contribution in [2.24, 2.45) is 0 Å². The molecule has 20 heavy (non-hydrogen) atoms. The lowest BCUT2D eigenvalue weighted by atomic mass is 10.1. The minimum absolute atomic E-state index is 0.141. The van der Waals surface area contributed by atoms with E-state index in [1.807, 2.05) is 0 Å². The number of carbonyl (C=O) groups is 2. The van der Waals surface area contributed by atoms with Gasteiger partial charge in [0.2, 0.25) is 5.91 Å². The van der Waals surface area contributed by atoms with E-state index in [4.69, 9.17) is 5.11 Å². The Hall–Kier alpha value is -2.64. The highest BCUT2D eigenvalue weighted by molar-refractivity contribution is 5.91. The number of amides is 1. The van der Waals surface area contributed by atoms with Crippen molar-refractivity contribution < 1.29 is 19.6 Å². The molecule has 1 saturated heterocycles. The van der Waals surface area contributed by atoms with Crippen molar-refractivity contribution in [1.82, 2.24) is 5.32 Å². The first-order valence-corrected chi connectivity index (χ1v) is 6.05. The number of nitrogens with zero attached hydrogens (tertiary/aromatic N) is 1. The smallest absolute Gasteiger partial charge is 0.335 e. The average Bonchev–Trinajstić information content (AvgIpc) is 2.41. The fourth-order valence-electron chi connectivity index (χ4n) is 2.04. The molecular formula is C12H13N3O5. The summed E-state index contributed by atoms with van der Waals surface area (Å²) in [5.74, 6) is -1.46. The van der Waals surface area contributed by atoms with Gasteiger partial charge in [0.15, 0.2) is 0 Å². The second kappa shape index (κ2) is 5.55. The third-order valence-electron chi connectivity index (χ3n) is 3.06. The molecule has 0 saturated carbocycles. The number of aromatic carboxylic acids is 1. The summed E-state index contributed by atoms with van der Waals surface area (Å²) >= 11 is 0. The van der Waals surface area contributed by atoms with Gasteiger partial charge in [-0.25, -0.2) is 4.79 Å². The molecule has 1 heterocycles. The topological polar surface area (TPSA) is 122 Å². The standard InChI is InChI=1S/C12H13N3O5/c16-11-9(2-1-5-13-11)14-8-4-3-7(12(17)18)6-10(8)15(19)20/h3-4,6,9,14H,1-2,5H2,(H,13,16)(H,17,18). The Kier molecular flexibility index (Phi) is 3.83. The minimum Gasteiger partial charge on any atom is -0.478 e. The highest BCUT2D eigenvalue weighted by atomic mass is 16.6. The van der Waals surface area contributed by atoms with E-state index in [9.17, 15) is 19.7 Å². The number of carbonyl (C=O) groups excluding carboxylic acids is 1. The Morgan fingerprint density at radius 3 is 2.85 bits per heavy atom. The fraction of sp³-hybridized carbons (Fsp3) is 0.333. The van der Waals surface area contributed by atoms with Crippen LogP contribution in [0, 0.1) is 10.1 Å². The molecule has 2 rings (SSSR count). The first-order valence-electron chi connectivity index (χ1n) is 6.05. The van der Waals surface area contributed by atoms with Gasteiger partial charge in [0.1, 0.15) is 11.7 Å². The SMILES string of the molecule is O=C(O)c1ccc(NC2CCCNC2=O)c([N+](=O)[O-])c1. The van der Waals surface area contributed by atoms with E-state index in [-0.39, 0.29) is 22.8 Å². The van der Waals surface area contributed by atoms with Gasteiger partial charge >= 0.3 is 5.97 Å². The number of nitrogens with one attached hydrogen (secondary N) is 2. The third-order valence-corrected chi connectivity index (χ3v) is 3.06. The molecule has 1 aromatic rings. The van der Waals surface area contributed by atoms with Crippen LogP contribution in [0.4, 0.5) is 11.4 Å². The van der Waals surface area contributed by atoms with Crippen LogP contribution in [0.3, 0.4) is 0 Å². The molecule has 1 atom stereocenters. The van der Waals surface area contributed by atoms with Gasteiger partial charge in [0, 0.05) is 12.6 Å². The normalized spacial score (nSPS) is 18.2. The van der Waals surface area contributed by atoms with Gasteiger partial charge < -0.3 is 15.7 Å². The molecule has 0 spiro atoms. The Morgan fingerprint density at radius 1 is 1.50 bits per heavy atom. The zero-order valence-corrected chi connectivity index (χ0v) is 10.5. The van der Waals surface area contributed by atoms with Crippen molar-refractivity contribution in [3.05, 3.63) is 33.9 Å². The molecule has 1 aliphatic rings. The fourth-order valence-corrected chi connectivity index (χ4v) is 2.04. The molecule has 1 unspecified atom stereocenters. The number of piperidine rings is 1. The third kappa shape index (κ3) is 2.85. The van der Waals surface area contributed by atoms with Crippen LogP contribution in [0.5, 0.6) is 0 Å². The summed E-state index contributed by atoms with van der Waals surface area (Å²) in [6.07, 6.45) is 1.36. The maximum Gasteiger partial charge on any atom is 0.335 e. The first kappa shape index (κ1) is 13.8. The van der Waals surface area contributed by atoms with Crippen molar-refractivity contribution in [3.8, 4) is 0 Å². The lowest BCUT2D eigenvalue weighted by Gasteiger charge is -2.23. The van der Waals surface area contributed by atoms with Crippen LogP contribution in [0.15, 0.2) is 18.2 Å². The van der Waals surface area contributed by atoms with E-state index in [2.05, 4.69) is 10.6 Å². The summed E-state index contributed by atoms with van der Waals surface area (Å²) in [5.41, 5.74) is -0.388. The molecule has 0 aromatic heterocycles. The van der Waals surface area contributed by atoms with Crippen LogP contribution in [-0.2, 0) is 4.79 Å². The van der Waals surface area contributed by atoms with Gasteiger partial charge in [0.25, 0.3) is 5.69 Å². The zero-order chi connectivity index (χ0) is 14.7. The number of hydrogen-bond acceptors (Lipinski definition) is 5. The summed E-state index contributed by atoms with van der Waals surface area (Å²) in [6.45, 7) is 0.594. The second-order valence-electron chi connectivity index (χ2n) is 4.42. The van der Waals surface area contributed by atoms with E-state index < -0.39 is 16.9 Å².